The first-order chi connectivity index (χ1) is 28.1. The summed E-state index contributed by atoms with van der Waals surface area (Å²) in [4.78, 5) is 0. The molecule has 340 valence electrons. The van der Waals surface area contributed by atoms with Crippen molar-refractivity contribution in [3.63, 3.8) is 0 Å². The third-order valence-corrected chi connectivity index (χ3v) is 10.2. The van der Waals surface area contributed by atoms with E-state index in [4.69, 9.17) is 33.2 Å². The Hall–Kier alpha value is -0.800. The molecule has 0 amide bonds. The van der Waals surface area contributed by atoms with Gasteiger partial charge in [-0.15, -0.1) is 0 Å². The van der Waals surface area contributed by atoms with Crippen LogP contribution in [-0.2, 0) is 33.2 Å². The predicted molar refractivity (Wildman–Crippen MR) is 243 cm³/mol. The van der Waals surface area contributed by atoms with Gasteiger partial charge in [0.1, 0.15) is 0 Å². The second-order valence-electron chi connectivity index (χ2n) is 16.0. The molecule has 0 bridgehead atoms. The van der Waals surface area contributed by atoms with Gasteiger partial charge in [-0.2, -0.15) is 0 Å². The smallest absolute Gasteiger partial charge is 0.180 e. The molecule has 0 saturated carbocycles. The van der Waals surface area contributed by atoms with Gasteiger partial charge >= 0.3 is 0 Å². The zero-order valence-electron chi connectivity index (χ0n) is 38.9. The minimum absolute atomic E-state index is 0.172. The minimum atomic E-state index is -0.489. The minimum Gasteiger partial charge on any atom is -0.353 e. The van der Waals surface area contributed by atoms with Crippen LogP contribution in [0.1, 0.15) is 234 Å². The molecule has 2 atom stereocenters. The third-order valence-electron chi connectivity index (χ3n) is 10.2. The predicted octanol–water partition coefficient (Wildman–Crippen LogP) is 15.3. The molecule has 0 rings (SSSR count). The SMILES string of the molecule is CCCCCCCCOC(CCC=CC(OCCC)OC(C=CCCC(OCCCCCCCC)OCCCCCCCC)OCCC)OCCCCCCCC. The van der Waals surface area contributed by atoms with Gasteiger partial charge in [0.2, 0.25) is 0 Å². The molecule has 7 nitrogen and oxygen atoms in total. The Kier molecular flexibility index (Phi) is 47.2. The standard InChI is InChI=1S/C50H98O7/c1-7-13-17-21-25-33-43-53-47(54-44-34-26-22-18-14-8-2)37-29-31-39-49(51-41-11-5)57-50(52-42-12-6)40-32-30-38-48(55-45-35-27-23-19-15-9-3)56-46-36-28-24-20-16-10-4/h31-32,39-40,47-50H,7-30,33-38,41-46H2,1-6H3. The fourth-order valence-electron chi connectivity index (χ4n) is 6.58. The Morgan fingerprint density at radius 3 is 0.860 bits per heavy atom. The second-order valence-corrected chi connectivity index (χ2v) is 16.0. The molecule has 0 N–H and O–H groups in total. The highest BCUT2D eigenvalue weighted by Gasteiger charge is 2.15. The molecule has 0 aliphatic rings. The number of hydrogen-bond donors (Lipinski definition) is 0. The Morgan fingerprint density at radius 1 is 0.298 bits per heavy atom. The van der Waals surface area contributed by atoms with E-state index in [1.807, 2.05) is 12.2 Å². The molecule has 0 radical (unpaired) electrons. The van der Waals surface area contributed by atoms with Crippen molar-refractivity contribution in [3.8, 4) is 0 Å². The lowest BCUT2D eigenvalue weighted by Gasteiger charge is -2.22. The van der Waals surface area contributed by atoms with Crippen LogP contribution in [0, 0.1) is 0 Å². The summed E-state index contributed by atoms with van der Waals surface area (Å²) in [5, 5.41) is 0. The van der Waals surface area contributed by atoms with Gasteiger partial charge in [0, 0.05) is 52.5 Å². The van der Waals surface area contributed by atoms with Gasteiger partial charge in [0.15, 0.2) is 25.2 Å². The molecule has 2 unspecified atom stereocenters. The first kappa shape index (κ1) is 56.2. The Bertz CT molecular complexity index is 706. The summed E-state index contributed by atoms with van der Waals surface area (Å²) in [5.74, 6) is 0. The highest BCUT2D eigenvalue weighted by atomic mass is 16.8. The van der Waals surface area contributed by atoms with E-state index < -0.39 is 12.6 Å². The van der Waals surface area contributed by atoms with E-state index in [-0.39, 0.29) is 12.6 Å². The Labute approximate surface area is 355 Å². The molecule has 0 heterocycles. The van der Waals surface area contributed by atoms with E-state index >= 15 is 0 Å². The van der Waals surface area contributed by atoms with Gasteiger partial charge in [-0.25, -0.2) is 0 Å². The maximum Gasteiger partial charge on any atom is 0.180 e. The number of hydrogen-bond acceptors (Lipinski definition) is 7. The summed E-state index contributed by atoms with van der Waals surface area (Å²) < 4.78 is 43.8. The van der Waals surface area contributed by atoms with Crippen LogP contribution in [0.4, 0.5) is 0 Å². The van der Waals surface area contributed by atoms with Gasteiger partial charge in [0.25, 0.3) is 0 Å². The van der Waals surface area contributed by atoms with Crippen molar-refractivity contribution in [2.75, 3.05) is 39.6 Å². The van der Waals surface area contributed by atoms with Crippen molar-refractivity contribution < 1.29 is 33.2 Å². The largest absolute Gasteiger partial charge is 0.353 e. The molecular weight excluding hydrogens is 713 g/mol. The topological polar surface area (TPSA) is 64.6 Å². The molecule has 0 aliphatic heterocycles. The molecule has 57 heavy (non-hydrogen) atoms. The van der Waals surface area contributed by atoms with E-state index in [1.54, 1.807) is 0 Å². The summed E-state index contributed by atoms with van der Waals surface area (Å²) in [6, 6.07) is 0. The van der Waals surface area contributed by atoms with Crippen molar-refractivity contribution in [1.29, 1.82) is 0 Å². The van der Waals surface area contributed by atoms with Gasteiger partial charge < -0.3 is 33.2 Å². The maximum atomic E-state index is 6.40. The molecule has 7 heteroatoms. The van der Waals surface area contributed by atoms with Crippen molar-refractivity contribution in [2.24, 2.45) is 0 Å². The van der Waals surface area contributed by atoms with Crippen LogP contribution in [-0.4, -0.2) is 64.8 Å². The normalized spacial score (nSPS) is 13.3. The zero-order valence-corrected chi connectivity index (χ0v) is 38.9. The molecule has 0 aromatic carbocycles. The van der Waals surface area contributed by atoms with Crippen LogP contribution >= 0.6 is 0 Å². The van der Waals surface area contributed by atoms with Crippen LogP contribution < -0.4 is 0 Å². The van der Waals surface area contributed by atoms with E-state index in [1.165, 1.54) is 128 Å². The van der Waals surface area contributed by atoms with Crippen LogP contribution in [0.3, 0.4) is 0 Å². The summed E-state index contributed by atoms with van der Waals surface area (Å²) in [7, 11) is 0. The quantitative estimate of drug-likeness (QED) is 0.0344. The van der Waals surface area contributed by atoms with Crippen molar-refractivity contribution >= 4 is 0 Å². The van der Waals surface area contributed by atoms with Gasteiger partial charge in [-0.1, -0.05) is 182 Å². The summed E-state index contributed by atoms with van der Waals surface area (Å²) in [6.45, 7) is 17.6. The number of rotatable bonds is 48. The molecule has 0 spiro atoms. The fraction of sp³-hybridized carbons (Fsp3) is 0.920. The number of allylic oxidation sites excluding steroid dienone is 2. The van der Waals surface area contributed by atoms with Crippen molar-refractivity contribution in [2.45, 2.75) is 259 Å². The first-order valence-electron chi connectivity index (χ1n) is 24.8. The van der Waals surface area contributed by atoms with Crippen LogP contribution in [0.15, 0.2) is 24.3 Å². The lowest BCUT2D eigenvalue weighted by molar-refractivity contribution is -0.207. The number of ether oxygens (including phenoxy) is 7. The molecule has 0 saturated heterocycles. The highest BCUT2D eigenvalue weighted by molar-refractivity contribution is 4.90. The molecular formula is C50H98O7. The van der Waals surface area contributed by atoms with E-state index in [2.05, 4.69) is 53.7 Å². The lowest BCUT2D eigenvalue weighted by Crippen LogP contribution is -2.25. The fourth-order valence-corrected chi connectivity index (χ4v) is 6.58. The molecule has 0 fully saturated rings. The average Bonchev–Trinajstić information content (AvgIpc) is 3.22. The Morgan fingerprint density at radius 2 is 0.579 bits per heavy atom. The van der Waals surface area contributed by atoms with E-state index in [0.29, 0.717) is 13.2 Å². The van der Waals surface area contributed by atoms with E-state index in [0.717, 1.165) is 90.6 Å². The Balaban J connectivity index is 5.19. The number of unbranched alkanes of at least 4 members (excludes halogenated alkanes) is 20. The third kappa shape index (κ3) is 41.7. The highest BCUT2D eigenvalue weighted by Crippen LogP contribution is 2.16. The van der Waals surface area contributed by atoms with E-state index in [9.17, 15) is 0 Å². The molecule has 0 aliphatic carbocycles. The van der Waals surface area contributed by atoms with Crippen molar-refractivity contribution in [1.82, 2.24) is 0 Å². The molecule has 0 aromatic heterocycles. The summed E-state index contributed by atoms with van der Waals surface area (Å²) >= 11 is 0. The van der Waals surface area contributed by atoms with Gasteiger partial charge in [-0.3, -0.25) is 0 Å². The van der Waals surface area contributed by atoms with Gasteiger partial charge in [0.05, 0.1) is 0 Å². The van der Waals surface area contributed by atoms with Gasteiger partial charge in [-0.05, 0) is 63.5 Å². The first-order valence-corrected chi connectivity index (χ1v) is 24.8. The van der Waals surface area contributed by atoms with Crippen molar-refractivity contribution in [3.05, 3.63) is 24.3 Å². The summed E-state index contributed by atoms with van der Waals surface area (Å²) in [5.41, 5.74) is 0. The molecule has 0 aromatic rings. The summed E-state index contributed by atoms with van der Waals surface area (Å²) in [6.07, 6.45) is 42.4. The average molecular weight is 811 g/mol. The monoisotopic (exact) mass is 811 g/mol. The lowest BCUT2D eigenvalue weighted by atomic mass is 10.1. The second kappa shape index (κ2) is 47.9. The van der Waals surface area contributed by atoms with Crippen LogP contribution in [0.2, 0.25) is 0 Å². The van der Waals surface area contributed by atoms with Crippen LogP contribution in [0.25, 0.3) is 0 Å². The zero-order chi connectivity index (χ0) is 41.5. The van der Waals surface area contributed by atoms with Crippen LogP contribution in [0.5, 0.6) is 0 Å². The maximum absolute atomic E-state index is 6.40.